The van der Waals surface area contributed by atoms with Gasteiger partial charge in [-0.2, -0.15) is 15.0 Å². The van der Waals surface area contributed by atoms with E-state index in [0.717, 1.165) is 6.07 Å². The zero-order valence-electron chi connectivity index (χ0n) is 20.3. The van der Waals surface area contributed by atoms with Gasteiger partial charge in [0, 0.05) is 92.9 Å². The van der Waals surface area contributed by atoms with Gasteiger partial charge < -0.3 is 15.5 Å². The fourth-order valence-corrected chi connectivity index (χ4v) is 6.32. The maximum atomic E-state index is 14.0. The normalized spacial score (nSPS) is 27.3. The average molecular weight is 526 g/mol. The number of nitrogens with two attached hydrogens (primary N) is 1. The molecule has 4 fully saturated rings. The molecule has 0 aromatic carbocycles. The molecule has 4 aliphatic heterocycles. The molecule has 13 heteroatoms. The Hall–Kier alpha value is -3.90. The van der Waals surface area contributed by atoms with Gasteiger partial charge in [0.15, 0.2) is 5.82 Å². The van der Waals surface area contributed by atoms with Crippen LogP contribution in [-0.4, -0.2) is 67.2 Å². The van der Waals surface area contributed by atoms with Gasteiger partial charge in [-0.05, 0) is 6.07 Å². The number of halogens is 2. The zero-order chi connectivity index (χ0) is 26.7. The SMILES string of the molecule is Nc1cc(C(F)F)c(-c2nc(N3C4CC(=O)CC3CC(=O)C4)nc(N3C4CC(=O)CC3CC(=O)C4)n2)cn1. The minimum atomic E-state index is -2.88. The van der Waals surface area contributed by atoms with Crippen molar-refractivity contribution in [2.24, 2.45) is 0 Å². The zero-order valence-corrected chi connectivity index (χ0v) is 20.3. The van der Waals surface area contributed by atoms with Crippen LogP contribution in [-0.2, 0) is 19.2 Å². The molecule has 0 spiro atoms. The van der Waals surface area contributed by atoms with Crippen molar-refractivity contribution in [3.8, 4) is 11.4 Å². The van der Waals surface area contributed by atoms with E-state index in [9.17, 15) is 28.0 Å². The summed E-state index contributed by atoms with van der Waals surface area (Å²) in [5.74, 6) is 0.370. The van der Waals surface area contributed by atoms with Crippen LogP contribution in [0.3, 0.4) is 0 Å². The van der Waals surface area contributed by atoms with Crippen LogP contribution in [0.1, 0.15) is 63.4 Å². The van der Waals surface area contributed by atoms with E-state index in [2.05, 4.69) is 15.0 Å². The van der Waals surface area contributed by atoms with Crippen molar-refractivity contribution in [3.63, 3.8) is 0 Å². The highest BCUT2D eigenvalue weighted by atomic mass is 19.3. The van der Waals surface area contributed by atoms with Gasteiger partial charge in [-0.3, -0.25) is 19.2 Å². The maximum absolute atomic E-state index is 14.0. The number of carbonyl (C=O) groups is 4. The summed E-state index contributed by atoms with van der Waals surface area (Å²) < 4.78 is 28.1. The lowest BCUT2D eigenvalue weighted by Crippen LogP contribution is -2.57. The molecule has 4 saturated heterocycles. The number of hydrogen-bond donors (Lipinski definition) is 1. The van der Waals surface area contributed by atoms with Crippen LogP contribution < -0.4 is 15.5 Å². The Labute approximate surface area is 215 Å². The van der Waals surface area contributed by atoms with Gasteiger partial charge in [-0.15, -0.1) is 0 Å². The Bertz CT molecular complexity index is 1220. The van der Waals surface area contributed by atoms with Gasteiger partial charge in [0.1, 0.15) is 29.0 Å². The Balaban J connectivity index is 1.51. The third kappa shape index (κ3) is 4.29. The largest absolute Gasteiger partial charge is 0.384 e. The molecule has 2 N–H and O–H groups in total. The summed E-state index contributed by atoms with van der Waals surface area (Å²) in [6.07, 6.45) is -0.453. The number of Topliss-reactive ketones (excluding diaryl/α,β-unsaturated/α-hetero) is 4. The molecule has 4 bridgehead atoms. The number of carbonyl (C=O) groups excluding carboxylic acids is 4. The molecule has 0 saturated carbocycles. The maximum Gasteiger partial charge on any atom is 0.264 e. The van der Waals surface area contributed by atoms with Crippen molar-refractivity contribution in [2.75, 3.05) is 15.5 Å². The van der Waals surface area contributed by atoms with E-state index in [1.54, 1.807) is 0 Å². The van der Waals surface area contributed by atoms with Crippen LogP contribution in [0.25, 0.3) is 11.4 Å². The molecule has 2 aromatic heterocycles. The van der Waals surface area contributed by atoms with Crippen molar-refractivity contribution >= 4 is 40.8 Å². The Morgan fingerprint density at radius 3 is 1.47 bits per heavy atom. The first-order valence-electron chi connectivity index (χ1n) is 12.6. The number of ketones is 4. The number of piperidine rings is 4. The van der Waals surface area contributed by atoms with Gasteiger partial charge in [-0.1, -0.05) is 0 Å². The van der Waals surface area contributed by atoms with E-state index in [1.165, 1.54) is 6.20 Å². The van der Waals surface area contributed by atoms with Crippen molar-refractivity contribution in [2.45, 2.75) is 82.0 Å². The van der Waals surface area contributed by atoms with E-state index in [1.807, 2.05) is 9.80 Å². The lowest BCUT2D eigenvalue weighted by molar-refractivity contribution is -0.127. The van der Waals surface area contributed by atoms with Gasteiger partial charge in [0.05, 0.1) is 0 Å². The molecule has 0 radical (unpaired) electrons. The first kappa shape index (κ1) is 24.4. The second-order valence-corrected chi connectivity index (χ2v) is 10.5. The summed E-state index contributed by atoms with van der Waals surface area (Å²) in [7, 11) is 0. The smallest absolute Gasteiger partial charge is 0.264 e. The molecular formula is C25H25F2N7O4. The van der Waals surface area contributed by atoms with Crippen LogP contribution in [0.4, 0.5) is 26.5 Å². The molecule has 38 heavy (non-hydrogen) atoms. The van der Waals surface area contributed by atoms with E-state index in [4.69, 9.17) is 10.7 Å². The molecule has 4 aliphatic rings. The fraction of sp³-hybridized carbons (Fsp3) is 0.520. The molecule has 2 aromatic rings. The Kier molecular flexibility index (Phi) is 5.88. The van der Waals surface area contributed by atoms with Gasteiger partial charge >= 0.3 is 0 Å². The number of fused-ring (bicyclic) bond motifs is 4. The van der Waals surface area contributed by atoms with E-state index < -0.39 is 36.2 Å². The predicted molar refractivity (Wildman–Crippen MR) is 130 cm³/mol. The molecule has 0 aliphatic carbocycles. The molecule has 0 atom stereocenters. The molecule has 6 rings (SSSR count). The average Bonchev–Trinajstić information content (AvgIpc) is 2.82. The topological polar surface area (TPSA) is 152 Å². The van der Waals surface area contributed by atoms with Crippen LogP contribution in [0, 0.1) is 0 Å². The van der Waals surface area contributed by atoms with Gasteiger partial charge in [0.2, 0.25) is 11.9 Å². The second kappa shape index (κ2) is 9.14. The lowest BCUT2D eigenvalue weighted by Gasteiger charge is -2.46. The minimum Gasteiger partial charge on any atom is -0.384 e. The lowest BCUT2D eigenvalue weighted by atomic mass is 9.83. The Morgan fingerprint density at radius 2 is 1.11 bits per heavy atom. The standard InChI is InChI=1S/C25H25F2N7O4/c26-22(27)19-9-21(28)29-10-20(19)23-30-24(33-11-1-15(35)3-12(33)4-16(36)2-11)32-25(31-23)34-13-5-17(37)7-14(34)8-18(38)6-13/h9-14,22H,1-8H2,(H2,28,29). The van der Waals surface area contributed by atoms with Crippen LogP contribution >= 0.6 is 0 Å². The third-order valence-corrected chi connectivity index (χ3v) is 7.79. The van der Waals surface area contributed by atoms with Crippen LogP contribution in [0.5, 0.6) is 0 Å². The number of rotatable bonds is 4. The highest BCUT2D eigenvalue weighted by Gasteiger charge is 2.45. The Morgan fingerprint density at radius 1 is 0.711 bits per heavy atom. The highest BCUT2D eigenvalue weighted by Crippen LogP contribution is 2.39. The second-order valence-electron chi connectivity index (χ2n) is 10.5. The molecule has 11 nitrogen and oxygen atoms in total. The van der Waals surface area contributed by atoms with Crippen molar-refractivity contribution in [1.82, 2.24) is 19.9 Å². The number of hydrogen-bond acceptors (Lipinski definition) is 11. The number of aromatic nitrogens is 4. The summed E-state index contributed by atoms with van der Waals surface area (Å²) in [6.45, 7) is 0. The molecule has 6 heterocycles. The summed E-state index contributed by atoms with van der Waals surface area (Å²) in [5.41, 5.74) is 5.25. The highest BCUT2D eigenvalue weighted by molar-refractivity contribution is 5.91. The van der Waals surface area contributed by atoms with E-state index in [-0.39, 0.29) is 104 Å². The summed E-state index contributed by atoms with van der Waals surface area (Å²) >= 11 is 0. The molecular weight excluding hydrogens is 500 g/mol. The summed E-state index contributed by atoms with van der Waals surface area (Å²) in [5, 5.41) is 0. The predicted octanol–water partition coefficient (Wildman–Crippen LogP) is 1.99. The van der Waals surface area contributed by atoms with Crippen LogP contribution in [0.2, 0.25) is 0 Å². The molecule has 0 unspecified atom stereocenters. The fourth-order valence-electron chi connectivity index (χ4n) is 6.32. The summed E-state index contributed by atoms with van der Waals surface area (Å²) in [6, 6.07) is -0.729. The first-order valence-corrected chi connectivity index (χ1v) is 12.6. The van der Waals surface area contributed by atoms with E-state index in [0.29, 0.717) is 0 Å². The van der Waals surface area contributed by atoms with Gasteiger partial charge in [0.25, 0.3) is 6.43 Å². The molecule has 198 valence electrons. The van der Waals surface area contributed by atoms with Crippen LogP contribution in [0.15, 0.2) is 12.3 Å². The quantitative estimate of drug-likeness (QED) is 0.624. The van der Waals surface area contributed by atoms with Crippen molar-refractivity contribution in [3.05, 3.63) is 17.8 Å². The van der Waals surface area contributed by atoms with E-state index >= 15 is 0 Å². The number of pyridine rings is 1. The van der Waals surface area contributed by atoms with Gasteiger partial charge in [-0.25, -0.2) is 13.8 Å². The monoisotopic (exact) mass is 525 g/mol. The van der Waals surface area contributed by atoms with Crippen molar-refractivity contribution < 1.29 is 28.0 Å². The number of nitrogens with zero attached hydrogens (tertiary/aromatic N) is 6. The molecule has 0 amide bonds. The number of alkyl halides is 2. The summed E-state index contributed by atoms with van der Waals surface area (Å²) in [4.78, 5) is 70.8. The third-order valence-electron chi connectivity index (χ3n) is 7.79. The number of nitrogen functional groups attached to an aromatic ring is 1. The first-order chi connectivity index (χ1) is 18.2. The van der Waals surface area contributed by atoms with Crippen molar-refractivity contribution in [1.29, 1.82) is 0 Å². The number of anilines is 3. The minimum absolute atomic E-state index is 0.0252.